The van der Waals surface area contributed by atoms with E-state index in [9.17, 15) is 10.0 Å². The molecule has 2 N–H and O–H groups in total. The Morgan fingerprint density at radius 1 is 0.963 bits per heavy atom. The fourth-order valence-corrected chi connectivity index (χ4v) is 4.18. The van der Waals surface area contributed by atoms with Crippen LogP contribution < -0.4 is 5.06 Å². The zero-order chi connectivity index (χ0) is 18.6. The summed E-state index contributed by atoms with van der Waals surface area (Å²) >= 11 is 0. The van der Waals surface area contributed by atoms with E-state index in [1.54, 1.807) is 12.1 Å². The normalized spacial score (nSPS) is 18.9. The Hall–Kier alpha value is -3.37. The molecule has 132 valence electrons. The van der Waals surface area contributed by atoms with E-state index < -0.39 is 5.54 Å². The number of hydroxylamine groups is 1. The number of Topliss-reactive ketones (excluding diaryl/α,β-unsaturated/α-hetero) is 1. The van der Waals surface area contributed by atoms with E-state index in [4.69, 9.17) is 0 Å². The van der Waals surface area contributed by atoms with Crippen LogP contribution in [0.4, 0.5) is 5.69 Å². The molecule has 4 heteroatoms. The van der Waals surface area contributed by atoms with Crippen LogP contribution in [0.3, 0.4) is 0 Å². The molecule has 1 aliphatic rings. The minimum Gasteiger partial charge on any atom is -0.361 e. The summed E-state index contributed by atoms with van der Waals surface area (Å²) in [5.41, 5.74) is 3.23. The van der Waals surface area contributed by atoms with Crippen LogP contribution >= 0.6 is 0 Å². The van der Waals surface area contributed by atoms with E-state index in [1.807, 2.05) is 67.7 Å². The highest BCUT2D eigenvalue weighted by atomic mass is 16.5. The molecule has 0 unspecified atom stereocenters. The molecule has 0 saturated heterocycles. The molecule has 3 aromatic carbocycles. The summed E-state index contributed by atoms with van der Waals surface area (Å²) in [5.74, 6) is -0.130. The molecular formula is C23H18N2O2. The number of benzene rings is 3. The van der Waals surface area contributed by atoms with Crippen molar-refractivity contribution in [3.8, 4) is 0 Å². The van der Waals surface area contributed by atoms with Gasteiger partial charge in [0.05, 0.1) is 5.69 Å². The minimum absolute atomic E-state index is 0.130. The third-order valence-corrected chi connectivity index (χ3v) is 5.44. The molecule has 0 radical (unpaired) electrons. The standard InChI is InChI=1S/C23H18N2O2/c1-15-11-12-20-18(13-15)19(14-24-20)23(16-7-3-2-4-8-16)22(26)17-9-5-6-10-21(17)25(23)27/h2-14,24,27H,1H3/t23-/m0/s1. The van der Waals surface area contributed by atoms with Crippen LogP contribution in [0.2, 0.25) is 0 Å². The second-order valence-corrected chi connectivity index (χ2v) is 6.99. The number of nitrogens with zero attached hydrogens (tertiary/aromatic N) is 1. The molecule has 0 spiro atoms. The minimum atomic E-state index is -1.32. The molecule has 0 amide bonds. The summed E-state index contributed by atoms with van der Waals surface area (Å²) < 4.78 is 0. The Balaban J connectivity index is 1.89. The van der Waals surface area contributed by atoms with Crippen LogP contribution in [0.25, 0.3) is 10.9 Å². The Bertz CT molecular complexity index is 1180. The van der Waals surface area contributed by atoms with Gasteiger partial charge in [0.15, 0.2) is 5.54 Å². The number of hydrogen-bond acceptors (Lipinski definition) is 3. The molecule has 0 saturated carbocycles. The quantitative estimate of drug-likeness (QED) is 0.543. The molecule has 4 aromatic rings. The smallest absolute Gasteiger partial charge is 0.202 e. The SMILES string of the molecule is Cc1ccc2[nH]cc([C@@]3(c4ccccc4)C(=O)c4ccccc4N3O)c2c1. The third kappa shape index (κ3) is 1.99. The van der Waals surface area contributed by atoms with Crippen LogP contribution in [0, 0.1) is 6.92 Å². The molecule has 0 fully saturated rings. The maximum atomic E-state index is 13.7. The highest BCUT2D eigenvalue weighted by Crippen LogP contribution is 2.49. The topological polar surface area (TPSA) is 56.3 Å². The zero-order valence-electron chi connectivity index (χ0n) is 14.8. The number of ketones is 1. The summed E-state index contributed by atoms with van der Waals surface area (Å²) in [5, 5.41) is 13.4. The average molecular weight is 354 g/mol. The second-order valence-electron chi connectivity index (χ2n) is 6.99. The molecule has 1 aromatic heterocycles. The fourth-order valence-electron chi connectivity index (χ4n) is 4.18. The first kappa shape index (κ1) is 15.9. The predicted octanol–water partition coefficient (Wildman–Crippen LogP) is 4.81. The van der Waals surface area contributed by atoms with Gasteiger partial charge in [0, 0.05) is 28.2 Å². The van der Waals surface area contributed by atoms with Gasteiger partial charge < -0.3 is 4.98 Å². The van der Waals surface area contributed by atoms with Crippen LogP contribution in [0.5, 0.6) is 0 Å². The Morgan fingerprint density at radius 2 is 1.70 bits per heavy atom. The van der Waals surface area contributed by atoms with Crippen LogP contribution in [-0.4, -0.2) is 16.0 Å². The molecule has 27 heavy (non-hydrogen) atoms. The number of rotatable bonds is 2. The maximum absolute atomic E-state index is 13.7. The number of nitrogens with one attached hydrogen (secondary N) is 1. The predicted molar refractivity (Wildman–Crippen MR) is 105 cm³/mol. The largest absolute Gasteiger partial charge is 0.361 e. The molecule has 1 aliphatic heterocycles. The monoisotopic (exact) mass is 354 g/mol. The molecule has 0 aliphatic carbocycles. The lowest BCUT2D eigenvalue weighted by molar-refractivity contribution is 0.0846. The van der Waals surface area contributed by atoms with Crippen molar-refractivity contribution in [3.63, 3.8) is 0 Å². The van der Waals surface area contributed by atoms with Crippen molar-refractivity contribution < 1.29 is 10.0 Å². The van der Waals surface area contributed by atoms with Gasteiger partial charge in [0.1, 0.15) is 0 Å². The third-order valence-electron chi connectivity index (χ3n) is 5.44. The number of aryl methyl sites for hydroxylation is 1. The highest BCUT2D eigenvalue weighted by Gasteiger charge is 2.55. The van der Waals surface area contributed by atoms with E-state index in [0.717, 1.165) is 32.7 Å². The van der Waals surface area contributed by atoms with E-state index in [2.05, 4.69) is 11.1 Å². The van der Waals surface area contributed by atoms with Gasteiger partial charge in [0.25, 0.3) is 0 Å². The molecular weight excluding hydrogens is 336 g/mol. The van der Waals surface area contributed by atoms with Crippen molar-refractivity contribution in [2.75, 3.05) is 5.06 Å². The van der Waals surface area contributed by atoms with Crippen molar-refractivity contribution >= 4 is 22.4 Å². The molecule has 5 rings (SSSR count). The van der Waals surface area contributed by atoms with E-state index >= 15 is 0 Å². The van der Waals surface area contributed by atoms with Gasteiger partial charge in [-0.3, -0.25) is 10.0 Å². The van der Waals surface area contributed by atoms with Crippen molar-refractivity contribution in [2.45, 2.75) is 12.5 Å². The average Bonchev–Trinajstić information content (AvgIpc) is 3.21. The van der Waals surface area contributed by atoms with Crippen LogP contribution in [0.15, 0.2) is 79.0 Å². The van der Waals surface area contributed by atoms with Crippen LogP contribution in [0.1, 0.15) is 27.0 Å². The Morgan fingerprint density at radius 3 is 2.48 bits per heavy atom. The highest BCUT2D eigenvalue weighted by molar-refractivity contribution is 6.17. The first-order valence-electron chi connectivity index (χ1n) is 8.90. The van der Waals surface area contributed by atoms with E-state index in [0.29, 0.717) is 11.3 Å². The van der Waals surface area contributed by atoms with Gasteiger partial charge in [-0.1, -0.05) is 54.1 Å². The number of anilines is 1. The zero-order valence-corrected chi connectivity index (χ0v) is 14.8. The lowest BCUT2D eigenvalue weighted by Gasteiger charge is -2.34. The second kappa shape index (κ2) is 5.56. The summed E-state index contributed by atoms with van der Waals surface area (Å²) in [4.78, 5) is 17.0. The lowest BCUT2D eigenvalue weighted by atomic mass is 9.79. The summed E-state index contributed by atoms with van der Waals surface area (Å²) in [7, 11) is 0. The van der Waals surface area contributed by atoms with Gasteiger partial charge >= 0.3 is 0 Å². The summed E-state index contributed by atoms with van der Waals surface area (Å²) in [6, 6.07) is 22.7. The number of para-hydroxylation sites is 1. The number of aromatic nitrogens is 1. The lowest BCUT2D eigenvalue weighted by Crippen LogP contribution is -2.47. The number of H-pyrrole nitrogens is 1. The molecule has 4 nitrogen and oxygen atoms in total. The molecule has 2 heterocycles. The van der Waals surface area contributed by atoms with Crippen molar-refractivity contribution in [2.24, 2.45) is 0 Å². The van der Waals surface area contributed by atoms with Crippen molar-refractivity contribution in [3.05, 3.63) is 101 Å². The summed E-state index contributed by atoms with van der Waals surface area (Å²) in [6.07, 6.45) is 1.84. The summed E-state index contributed by atoms with van der Waals surface area (Å²) in [6.45, 7) is 2.02. The maximum Gasteiger partial charge on any atom is 0.202 e. The van der Waals surface area contributed by atoms with Gasteiger partial charge in [-0.15, -0.1) is 0 Å². The van der Waals surface area contributed by atoms with Crippen molar-refractivity contribution in [1.29, 1.82) is 0 Å². The van der Waals surface area contributed by atoms with E-state index in [-0.39, 0.29) is 5.78 Å². The Labute approximate surface area is 156 Å². The fraction of sp³-hybridized carbons (Fsp3) is 0.0870. The first-order chi connectivity index (χ1) is 13.1. The molecule has 0 bridgehead atoms. The van der Waals surface area contributed by atoms with Crippen molar-refractivity contribution in [1.82, 2.24) is 4.98 Å². The number of fused-ring (bicyclic) bond motifs is 2. The van der Waals surface area contributed by atoms with Crippen LogP contribution in [-0.2, 0) is 5.54 Å². The Kier molecular flexibility index (Phi) is 3.27. The van der Waals surface area contributed by atoms with Gasteiger partial charge in [-0.2, -0.15) is 0 Å². The van der Waals surface area contributed by atoms with Gasteiger partial charge in [-0.05, 0) is 36.8 Å². The molecule has 1 atom stereocenters. The number of hydrogen-bond donors (Lipinski definition) is 2. The first-order valence-corrected chi connectivity index (χ1v) is 8.90. The number of aromatic amines is 1. The van der Waals surface area contributed by atoms with Gasteiger partial charge in [-0.25, -0.2) is 5.06 Å². The van der Waals surface area contributed by atoms with Gasteiger partial charge in [0.2, 0.25) is 5.78 Å². The van der Waals surface area contributed by atoms with E-state index in [1.165, 1.54) is 0 Å². The number of carbonyl (C=O) groups is 1. The number of carbonyl (C=O) groups excluding carboxylic acids is 1.